The largest absolute Gasteiger partial charge is 0.497 e. The lowest BCUT2D eigenvalue weighted by molar-refractivity contribution is -0.146. The number of pyridine rings is 1. The molecule has 0 aliphatic carbocycles. The molecule has 10 heteroatoms. The zero-order valence-electron chi connectivity index (χ0n) is 20.6. The highest BCUT2D eigenvalue weighted by Gasteiger charge is 2.34. The molecule has 3 aromatic rings. The SMILES string of the molecule is COc1ccc2nccc([C@H](CC[C@@H]3CCN(CCSc4cc(F)cc(F)c4)C[C@@H]3C(=O)O)NO)c2c1. The maximum absolute atomic E-state index is 13.4. The number of hydrogen-bond acceptors (Lipinski definition) is 7. The van der Waals surface area contributed by atoms with Crippen LogP contribution in [0.5, 0.6) is 5.75 Å². The molecular weight excluding hydrogens is 500 g/mol. The topological polar surface area (TPSA) is 94.9 Å². The fourth-order valence-corrected chi connectivity index (χ4v) is 6.03. The molecule has 1 saturated heterocycles. The number of benzene rings is 2. The van der Waals surface area contributed by atoms with Crippen molar-refractivity contribution in [2.45, 2.75) is 30.2 Å². The van der Waals surface area contributed by atoms with Crippen molar-refractivity contribution in [3.8, 4) is 5.75 Å². The minimum absolute atomic E-state index is 0.0304. The molecule has 198 valence electrons. The number of hydroxylamine groups is 1. The van der Waals surface area contributed by atoms with Crippen molar-refractivity contribution < 1.29 is 28.6 Å². The van der Waals surface area contributed by atoms with Crippen molar-refractivity contribution in [1.82, 2.24) is 15.4 Å². The Hall–Kier alpha value is -2.79. The van der Waals surface area contributed by atoms with E-state index in [1.807, 2.05) is 24.3 Å². The quantitative estimate of drug-likeness (QED) is 0.231. The summed E-state index contributed by atoms with van der Waals surface area (Å²) in [6.45, 7) is 1.80. The van der Waals surface area contributed by atoms with E-state index in [-0.39, 0.29) is 12.0 Å². The molecule has 0 spiro atoms. The fourth-order valence-electron chi connectivity index (χ4n) is 5.05. The van der Waals surface area contributed by atoms with E-state index in [1.54, 1.807) is 13.3 Å². The Bertz CT molecular complexity index is 1210. The lowest BCUT2D eigenvalue weighted by Crippen LogP contribution is -2.44. The van der Waals surface area contributed by atoms with Crippen LogP contribution >= 0.6 is 11.8 Å². The first-order valence-electron chi connectivity index (χ1n) is 12.2. The molecule has 3 atom stereocenters. The molecule has 37 heavy (non-hydrogen) atoms. The summed E-state index contributed by atoms with van der Waals surface area (Å²) in [5.74, 6) is -1.31. The second-order valence-electron chi connectivity index (χ2n) is 9.29. The van der Waals surface area contributed by atoms with Crippen LogP contribution in [0.3, 0.4) is 0 Å². The van der Waals surface area contributed by atoms with Gasteiger partial charge < -0.3 is 20.0 Å². The standard InChI is InChI=1S/C27H31F2N3O4S/c1-36-20-3-5-25-23(15-20)22(6-8-30-25)26(31-35)4-2-17-7-9-32(16-24(17)27(33)34)10-11-37-21-13-18(28)12-19(29)14-21/h3,5-6,8,12-15,17,24,26,31,35H,2,4,7,9-11,16H2,1H3,(H,33,34)/t17-,24+,26+/m1/s1. The molecule has 7 nitrogen and oxygen atoms in total. The number of aromatic nitrogens is 1. The van der Waals surface area contributed by atoms with Gasteiger partial charge in [0.15, 0.2) is 0 Å². The Balaban J connectivity index is 1.36. The third-order valence-corrected chi connectivity index (χ3v) is 7.97. The van der Waals surface area contributed by atoms with Gasteiger partial charge in [0.05, 0.1) is 24.6 Å². The van der Waals surface area contributed by atoms with E-state index >= 15 is 0 Å². The molecule has 4 rings (SSSR count). The maximum Gasteiger partial charge on any atom is 0.308 e. The number of hydrogen-bond donors (Lipinski definition) is 3. The summed E-state index contributed by atoms with van der Waals surface area (Å²) in [4.78, 5) is 19.1. The Morgan fingerprint density at radius 2 is 2.03 bits per heavy atom. The highest BCUT2D eigenvalue weighted by Crippen LogP contribution is 2.34. The van der Waals surface area contributed by atoms with Crippen molar-refractivity contribution in [3.05, 3.63) is 65.9 Å². The van der Waals surface area contributed by atoms with Gasteiger partial charge in [0.25, 0.3) is 0 Å². The van der Waals surface area contributed by atoms with Crippen LogP contribution < -0.4 is 10.2 Å². The van der Waals surface area contributed by atoms with Gasteiger partial charge in [-0.05, 0) is 73.7 Å². The van der Waals surface area contributed by atoms with Crippen molar-refractivity contribution in [3.63, 3.8) is 0 Å². The molecule has 1 fully saturated rings. The number of aliphatic carboxylic acids is 1. The first-order chi connectivity index (χ1) is 17.9. The zero-order valence-corrected chi connectivity index (χ0v) is 21.4. The summed E-state index contributed by atoms with van der Waals surface area (Å²) in [6, 6.07) is 10.5. The van der Waals surface area contributed by atoms with Gasteiger partial charge in [-0.3, -0.25) is 9.78 Å². The van der Waals surface area contributed by atoms with Gasteiger partial charge in [-0.25, -0.2) is 8.78 Å². The van der Waals surface area contributed by atoms with E-state index < -0.39 is 23.5 Å². The molecule has 0 saturated carbocycles. The summed E-state index contributed by atoms with van der Waals surface area (Å²) >= 11 is 1.35. The first kappa shape index (κ1) is 27.3. The molecule has 2 aromatic carbocycles. The van der Waals surface area contributed by atoms with Crippen molar-refractivity contribution in [2.75, 3.05) is 32.5 Å². The molecule has 2 heterocycles. The smallest absolute Gasteiger partial charge is 0.308 e. The van der Waals surface area contributed by atoms with E-state index in [0.29, 0.717) is 42.3 Å². The summed E-state index contributed by atoms with van der Waals surface area (Å²) in [5.41, 5.74) is 4.07. The van der Waals surface area contributed by atoms with Gasteiger partial charge >= 0.3 is 5.97 Å². The highest BCUT2D eigenvalue weighted by atomic mass is 32.2. The van der Waals surface area contributed by atoms with Gasteiger partial charge in [-0.15, -0.1) is 11.8 Å². The van der Waals surface area contributed by atoms with Crippen LogP contribution in [0, 0.1) is 23.5 Å². The lowest BCUT2D eigenvalue weighted by atomic mass is 9.81. The van der Waals surface area contributed by atoms with E-state index in [0.717, 1.165) is 35.5 Å². The molecular formula is C27H31F2N3O4S. The predicted molar refractivity (Wildman–Crippen MR) is 138 cm³/mol. The number of fused-ring (bicyclic) bond motifs is 1. The number of carboxylic acids is 1. The number of rotatable bonds is 11. The van der Waals surface area contributed by atoms with Gasteiger partial charge in [0.1, 0.15) is 17.4 Å². The van der Waals surface area contributed by atoms with E-state index in [9.17, 15) is 23.9 Å². The van der Waals surface area contributed by atoms with Crippen LogP contribution in [-0.4, -0.2) is 58.7 Å². The molecule has 1 aliphatic heterocycles. The first-order valence-corrected chi connectivity index (χ1v) is 13.2. The van der Waals surface area contributed by atoms with Crippen LogP contribution in [0.1, 0.15) is 30.9 Å². The van der Waals surface area contributed by atoms with Crippen molar-refractivity contribution in [1.29, 1.82) is 0 Å². The van der Waals surface area contributed by atoms with E-state index in [2.05, 4.69) is 15.4 Å². The summed E-state index contributed by atoms with van der Waals surface area (Å²) in [5, 5.41) is 20.8. The van der Waals surface area contributed by atoms with E-state index in [4.69, 9.17) is 4.74 Å². The molecule has 1 aromatic heterocycles. The molecule has 0 amide bonds. The van der Waals surface area contributed by atoms with Crippen LogP contribution in [0.15, 0.2) is 53.6 Å². The zero-order chi connectivity index (χ0) is 26.4. The monoisotopic (exact) mass is 531 g/mol. The van der Waals surface area contributed by atoms with Crippen molar-refractivity contribution in [2.24, 2.45) is 11.8 Å². The number of carbonyl (C=O) groups is 1. The average Bonchev–Trinajstić information content (AvgIpc) is 2.88. The van der Waals surface area contributed by atoms with Gasteiger partial charge in [0, 0.05) is 41.4 Å². The number of halogens is 2. The van der Waals surface area contributed by atoms with Crippen LogP contribution in [-0.2, 0) is 4.79 Å². The van der Waals surface area contributed by atoms with Gasteiger partial charge in [-0.1, -0.05) is 0 Å². The summed E-state index contributed by atoms with van der Waals surface area (Å²) < 4.78 is 32.2. The Morgan fingerprint density at radius 1 is 1.24 bits per heavy atom. The average molecular weight is 532 g/mol. The molecule has 3 N–H and O–H groups in total. The number of methoxy groups -OCH3 is 1. The number of likely N-dealkylation sites (tertiary alicyclic amines) is 1. The number of thioether (sulfide) groups is 1. The highest BCUT2D eigenvalue weighted by molar-refractivity contribution is 7.99. The summed E-state index contributed by atoms with van der Waals surface area (Å²) in [6.07, 6.45) is 3.61. The predicted octanol–water partition coefficient (Wildman–Crippen LogP) is 5.14. The van der Waals surface area contributed by atoms with Crippen LogP contribution in [0.25, 0.3) is 10.9 Å². The lowest BCUT2D eigenvalue weighted by Gasteiger charge is -2.37. The normalized spacial score (nSPS) is 19.1. The molecule has 1 aliphatic rings. The number of ether oxygens (including phenoxy) is 1. The maximum atomic E-state index is 13.4. The molecule has 0 bridgehead atoms. The Morgan fingerprint density at radius 3 is 2.73 bits per heavy atom. The minimum atomic E-state index is -0.831. The molecule has 0 unspecified atom stereocenters. The third kappa shape index (κ3) is 6.95. The van der Waals surface area contributed by atoms with E-state index in [1.165, 1.54) is 23.9 Å². The second kappa shape index (κ2) is 12.6. The Kier molecular flexibility index (Phi) is 9.31. The number of piperidine rings is 1. The third-order valence-electron chi connectivity index (χ3n) is 7.01. The number of nitrogens with zero attached hydrogens (tertiary/aromatic N) is 2. The van der Waals surface area contributed by atoms with Crippen molar-refractivity contribution >= 4 is 28.6 Å². The second-order valence-corrected chi connectivity index (χ2v) is 10.5. The van der Waals surface area contributed by atoms with Crippen LogP contribution in [0.2, 0.25) is 0 Å². The number of carboxylic acid groups (broad SMARTS) is 1. The minimum Gasteiger partial charge on any atom is -0.497 e. The molecule has 0 radical (unpaired) electrons. The Labute approximate surface area is 218 Å². The van der Waals surface area contributed by atoms with Gasteiger partial charge in [0.2, 0.25) is 0 Å². The fraction of sp³-hybridized carbons (Fsp3) is 0.407. The van der Waals surface area contributed by atoms with Gasteiger partial charge in [-0.2, -0.15) is 5.48 Å². The summed E-state index contributed by atoms with van der Waals surface area (Å²) in [7, 11) is 1.59. The number of nitrogens with one attached hydrogen (secondary N) is 1. The van der Waals surface area contributed by atoms with Crippen LogP contribution in [0.4, 0.5) is 8.78 Å².